The average molecular weight is 406 g/mol. The van der Waals surface area contributed by atoms with Crippen molar-refractivity contribution in [2.75, 3.05) is 6.54 Å². The first kappa shape index (κ1) is 18.8. The van der Waals surface area contributed by atoms with Crippen molar-refractivity contribution in [1.29, 1.82) is 0 Å². The average Bonchev–Trinajstić information content (AvgIpc) is 3.34. The van der Waals surface area contributed by atoms with E-state index in [0.29, 0.717) is 27.1 Å². The van der Waals surface area contributed by atoms with Crippen LogP contribution in [0, 0.1) is 0 Å². The highest BCUT2D eigenvalue weighted by atomic mass is 35.5. The fraction of sp³-hybridized carbons (Fsp3) is 0.0556. The summed E-state index contributed by atoms with van der Waals surface area (Å²) < 4.78 is 10.5. The van der Waals surface area contributed by atoms with Gasteiger partial charge >= 0.3 is 0 Å². The lowest BCUT2D eigenvalue weighted by Gasteiger charge is -2.01. The molecular weight excluding hydrogens is 393 g/mol. The van der Waals surface area contributed by atoms with Gasteiger partial charge < -0.3 is 14.2 Å². The van der Waals surface area contributed by atoms with Crippen LogP contribution in [0.15, 0.2) is 62.7 Å². The Labute approximate surface area is 163 Å². The largest absolute Gasteiger partial charge is 0.459 e. The molecular formula is C18H13Cl2N3O4. The Bertz CT molecular complexity index is 980. The summed E-state index contributed by atoms with van der Waals surface area (Å²) in [7, 11) is 0. The number of benzene rings is 1. The smallest absolute Gasteiger partial charge is 0.287 e. The molecule has 0 spiro atoms. The fourth-order valence-electron chi connectivity index (χ4n) is 2.12. The second-order valence-electron chi connectivity index (χ2n) is 5.28. The lowest BCUT2D eigenvalue weighted by Crippen LogP contribution is -2.34. The molecule has 0 atom stereocenters. The molecule has 2 N–H and O–H groups in total. The summed E-state index contributed by atoms with van der Waals surface area (Å²) >= 11 is 12.1. The number of hydrogen-bond acceptors (Lipinski definition) is 5. The van der Waals surface area contributed by atoms with Gasteiger partial charge in [0.25, 0.3) is 11.8 Å². The molecule has 0 aliphatic heterocycles. The van der Waals surface area contributed by atoms with Crippen LogP contribution >= 0.6 is 23.2 Å². The third-order valence-corrected chi connectivity index (χ3v) is 3.92. The van der Waals surface area contributed by atoms with E-state index in [1.54, 1.807) is 36.4 Å². The molecule has 0 aliphatic carbocycles. The summed E-state index contributed by atoms with van der Waals surface area (Å²) in [5.41, 5.74) is 2.93. The Balaban J connectivity index is 1.53. The minimum atomic E-state index is -0.504. The zero-order valence-electron chi connectivity index (χ0n) is 13.7. The van der Waals surface area contributed by atoms with Crippen LogP contribution in [0.5, 0.6) is 0 Å². The van der Waals surface area contributed by atoms with Crippen LogP contribution < -0.4 is 10.7 Å². The number of rotatable bonds is 6. The van der Waals surface area contributed by atoms with Crippen LogP contribution in [-0.2, 0) is 4.79 Å². The predicted octanol–water partition coefficient (Wildman–Crippen LogP) is 3.73. The molecule has 0 aliphatic rings. The summed E-state index contributed by atoms with van der Waals surface area (Å²) in [6, 6.07) is 11.5. The second kappa shape index (κ2) is 8.57. The number of hydrogen-bond donors (Lipinski definition) is 2. The molecule has 2 heterocycles. The molecule has 0 saturated heterocycles. The van der Waals surface area contributed by atoms with E-state index in [1.165, 1.54) is 18.5 Å². The number of halogens is 2. The van der Waals surface area contributed by atoms with E-state index in [0.717, 1.165) is 0 Å². The van der Waals surface area contributed by atoms with Crippen LogP contribution in [0.2, 0.25) is 10.0 Å². The van der Waals surface area contributed by atoms with Gasteiger partial charge in [0, 0.05) is 10.6 Å². The molecule has 9 heteroatoms. The molecule has 0 unspecified atom stereocenters. The van der Waals surface area contributed by atoms with Gasteiger partial charge in [-0.3, -0.25) is 9.59 Å². The van der Waals surface area contributed by atoms with Crippen molar-refractivity contribution in [3.8, 4) is 11.3 Å². The topological polar surface area (TPSA) is 96.8 Å². The summed E-state index contributed by atoms with van der Waals surface area (Å²) in [4.78, 5) is 23.3. The number of nitrogens with one attached hydrogen (secondary N) is 2. The first-order chi connectivity index (χ1) is 13.0. The second-order valence-corrected chi connectivity index (χ2v) is 6.12. The monoisotopic (exact) mass is 405 g/mol. The van der Waals surface area contributed by atoms with Crippen molar-refractivity contribution in [3.05, 3.63) is 70.3 Å². The van der Waals surface area contributed by atoms with Crippen LogP contribution in [0.3, 0.4) is 0 Å². The summed E-state index contributed by atoms with van der Waals surface area (Å²) in [5, 5.41) is 7.21. The molecule has 7 nitrogen and oxygen atoms in total. The minimum absolute atomic E-state index is 0.120. The maximum atomic E-state index is 11.7. The highest BCUT2D eigenvalue weighted by molar-refractivity contribution is 6.35. The van der Waals surface area contributed by atoms with Gasteiger partial charge in [-0.1, -0.05) is 23.2 Å². The van der Waals surface area contributed by atoms with Gasteiger partial charge in [0.15, 0.2) is 5.76 Å². The molecule has 1 aromatic carbocycles. The third kappa shape index (κ3) is 4.99. The van der Waals surface area contributed by atoms with Gasteiger partial charge in [0.2, 0.25) is 0 Å². The number of amides is 2. The van der Waals surface area contributed by atoms with E-state index in [4.69, 9.17) is 32.0 Å². The molecule has 27 heavy (non-hydrogen) atoms. The highest BCUT2D eigenvalue weighted by Crippen LogP contribution is 2.31. The number of furan rings is 2. The lowest BCUT2D eigenvalue weighted by molar-refractivity contribution is -0.120. The van der Waals surface area contributed by atoms with Gasteiger partial charge in [-0.15, -0.1) is 0 Å². The first-order valence-electron chi connectivity index (χ1n) is 7.72. The molecule has 0 radical (unpaired) electrons. The molecule has 138 valence electrons. The van der Waals surface area contributed by atoms with Crippen molar-refractivity contribution in [2.24, 2.45) is 5.10 Å². The van der Waals surface area contributed by atoms with E-state index in [-0.39, 0.29) is 12.3 Å². The number of nitrogens with zero attached hydrogens (tertiary/aromatic N) is 1. The van der Waals surface area contributed by atoms with Crippen LogP contribution in [0.25, 0.3) is 11.3 Å². The first-order valence-corrected chi connectivity index (χ1v) is 8.47. The molecule has 0 fully saturated rings. The molecule has 0 bridgehead atoms. The van der Waals surface area contributed by atoms with Gasteiger partial charge in [-0.05, 0) is 42.5 Å². The molecule has 3 rings (SSSR count). The van der Waals surface area contributed by atoms with Gasteiger partial charge in [-0.2, -0.15) is 5.10 Å². The lowest BCUT2D eigenvalue weighted by atomic mass is 10.2. The summed E-state index contributed by atoms with van der Waals surface area (Å²) in [5.74, 6) is 0.0417. The van der Waals surface area contributed by atoms with E-state index < -0.39 is 11.8 Å². The predicted molar refractivity (Wildman–Crippen MR) is 101 cm³/mol. The van der Waals surface area contributed by atoms with Gasteiger partial charge in [-0.25, -0.2) is 5.43 Å². The van der Waals surface area contributed by atoms with Crippen LogP contribution in [-0.4, -0.2) is 24.6 Å². The summed E-state index contributed by atoms with van der Waals surface area (Å²) in [6.07, 6.45) is 2.70. The normalized spacial score (nSPS) is 10.9. The van der Waals surface area contributed by atoms with Crippen molar-refractivity contribution < 1.29 is 18.4 Å². The van der Waals surface area contributed by atoms with Crippen molar-refractivity contribution in [1.82, 2.24) is 10.7 Å². The van der Waals surface area contributed by atoms with Gasteiger partial charge in [0.1, 0.15) is 11.5 Å². The molecule has 2 amide bonds. The molecule has 0 saturated carbocycles. The van der Waals surface area contributed by atoms with E-state index in [2.05, 4.69) is 15.8 Å². The minimum Gasteiger partial charge on any atom is -0.459 e. The quantitative estimate of drug-likeness (QED) is 0.482. The van der Waals surface area contributed by atoms with E-state index in [1.807, 2.05) is 0 Å². The number of carbonyl (C=O) groups is 2. The SMILES string of the molecule is O=C(CNC(=O)c1ccco1)N/N=C\c1ccc(-c2cc(Cl)ccc2Cl)o1. The van der Waals surface area contributed by atoms with Crippen molar-refractivity contribution in [3.63, 3.8) is 0 Å². The van der Waals surface area contributed by atoms with Crippen LogP contribution in [0.4, 0.5) is 0 Å². The molecule has 2 aromatic heterocycles. The number of carbonyl (C=O) groups excluding carboxylic acids is 2. The van der Waals surface area contributed by atoms with Crippen molar-refractivity contribution >= 4 is 41.2 Å². The number of hydrazone groups is 1. The van der Waals surface area contributed by atoms with E-state index in [9.17, 15) is 9.59 Å². The Morgan fingerprint density at radius 1 is 1.15 bits per heavy atom. The Morgan fingerprint density at radius 2 is 2.00 bits per heavy atom. The maximum absolute atomic E-state index is 11.7. The van der Waals surface area contributed by atoms with Gasteiger partial charge in [0.05, 0.1) is 24.0 Å². The third-order valence-electron chi connectivity index (χ3n) is 3.36. The fourth-order valence-corrected chi connectivity index (χ4v) is 2.50. The van der Waals surface area contributed by atoms with E-state index >= 15 is 0 Å². The Morgan fingerprint density at radius 3 is 2.78 bits per heavy atom. The van der Waals surface area contributed by atoms with Crippen LogP contribution in [0.1, 0.15) is 16.3 Å². The summed E-state index contributed by atoms with van der Waals surface area (Å²) in [6.45, 7) is -0.252. The Hall–Kier alpha value is -3.03. The highest BCUT2D eigenvalue weighted by Gasteiger charge is 2.10. The Kier molecular flexibility index (Phi) is 5.95. The zero-order chi connectivity index (χ0) is 19.2. The van der Waals surface area contributed by atoms with Crippen molar-refractivity contribution in [2.45, 2.75) is 0 Å². The maximum Gasteiger partial charge on any atom is 0.287 e. The molecule has 3 aromatic rings. The zero-order valence-corrected chi connectivity index (χ0v) is 15.3. The standard InChI is InChI=1S/C18H13Cl2N3O4/c19-11-3-5-14(20)13(8-11)15-6-4-12(27-15)9-22-23-17(24)10-21-18(25)16-2-1-7-26-16/h1-9H,10H2,(H,21,25)(H,23,24)/b22-9-.